The minimum atomic E-state index is 1.20. The van der Waals surface area contributed by atoms with Crippen molar-refractivity contribution in [3.05, 3.63) is 93.3 Å². The van der Waals surface area contributed by atoms with E-state index in [1.807, 2.05) is 15.9 Å². The summed E-state index contributed by atoms with van der Waals surface area (Å²) in [5.41, 5.74) is 3.83. The van der Waals surface area contributed by atoms with Crippen LogP contribution in [-0.4, -0.2) is 11.3 Å². The van der Waals surface area contributed by atoms with Gasteiger partial charge in [0.2, 0.25) is 0 Å². The molecule has 0 N–H and O–H groups in total. The fourth-order valence-electron chi connectivity index (χ4n) is 3.91. The monoisotopic (exact) mass is 353 g/mol. The molecular formula is C24H19NS. The Hall–Kier alpha value is -2.84. The first-order valence-corrected chi connectivity index (χ1v) is 9.61. The van der Waals surface area contributed by atoms with E-state index in [0.29, 0.717) is 0 Å². The molecule has 1 aliphatic heterocycles. The summed E-state index contributed by atoms with van der Waals surface area (Å²) >= 11 is 1.84. The number of thiophene rings is 1. The minimum absolute atomic E-state index is 1.20. The Morgan fingerprint density at radius 1 is 1.00 bits per heavy atom. The van der Waals surface area contributed by atoms with Gasteiger partial charge < -0.3 is 0 Å². The molecule has 2 heterocycles. The van der Waals surface area contributed by atoms with Crippen LogP contribution in [0.5, 0.6) is 0 Å². The Balaban J connectivity index is 1.77. The van der Waals surface area contributed by atoms with Crippen LogP contribution in [0.4, 0.5) is 0 Å². The summed E-state index contributed by atoms with van der Waals surface area (Å²) in [6.07, 6.45) is 4.22. The van der Waals surface area contributed by atoms with Gasteiger partial charge in [-0.25, -0.2) is 0 Å². The maximum absolute atomic E-state index is 4.25. The summed E-state index contributed by atoms with van der Waals surface area (Å²) in [5, 5.41) is 5.19. The summed E-state index contributed by atoms with van der Waals surface area (Å²) in [6, 6.07) is 21.2. The Kier molecular flexibility index (Phi) is 3.31. The van der Waals surface area contributed by atoms with Crippen LogP contribution in [0, 0.1) is 19.9 Å². The van der Waals surface area contributed by atoms with Crippen LogP contribution in [0.1, 0.15) is 26.4 Å². The summed E-state index contributed by atoms with van der Waals surface area (Å²) in [7, 11) is 0. The first-order valence-electron chi connectivity index (χ1n) is 8.80. The van der Waals surface area contributed by atoms with Gasteiger partial charge in [-0.05, 0) is 34.0 Å². The van der Waals surface area contributed by atoms with Gasteiger partial charge in [-0.1, -0.05) is 78.7 Å². The van der Waals surface area contributed by atoms with Crippen LogP contribution in [0.25, 0.3) is 27.6 Å². The van der Waals surface area contributed by atoms with Gasteiger partial charge in [0, 0.05) is 0 Å². The van der Waals surface area contributed by atoms with Crippen LogP contribution in [0.3, 0.4) is 0 Å². The second-order valence-electron chi connectivity index (χ2n) is 6.95. The molecule has 1 aliphatic rings. The van der Waals surface area contributed by atoms with Crippen molar-refractivity contribution in [1.29, 1.82) is 0 Å². The quantitative estimate of drug-likeness (QED) is 0.164. The van der Waals surface area contributed by atoms with E-state index in [1.165, 1.54) is 54.0 Å². The van der Waals surface area contributed by atoms with Crippen molar-refractivity contribution in [2.75, 3.05) is 0 Å². The van der Waals surface area contributed by atoms with Crippen LogP contribution >= 0.6 is 11.3 Å². The number of rotatable bonds is 1. The van der Waals surface area contributed by atoms with Crippen LogP contribution in [0.15, 0.2) is 60.8 Å². The van der Waals surface area contributed by atoms with Crippen LogP contribution < -0.4 is 0 Å². The van der Waals surface area contributed by atoms with Gasteiger partial charge in [0.05, 0.1) is 18.1 Å². The van der Waals surface area contributed by atoms with Crippen molar-refractivity contribution >= 4 is 45.7 Å². The van der Waals surface area contributed by atoms with Gasteiger partial charge in [0.1, 0.15) is 11.1 Å². The Bertz CT molecular complexity index is 1230. The number of hydrogen-bond donors (Lipinski definition) is 0. The topological polar surface area (TPSA) is 3.01 Å². The van der Waals surface area contributed by atoms with Crippen LogP contribution in [-0.2, 0) is 0 Å². The first-order chi connectivity index (χ1) is 12.6. The smallest absolute Gasteiger partial charge is 0.157 e. The predicted octanol–water partition coefficient (Wildman–Crippen LogP) is 6.30. The maximum Gasteiger partial charge on any atom is 0.157 e. The molecule has 26 heavy (non-hydrogen) atoms. The van der Waals surface area contributed by atoms with Crippen LogP contribution in [0.2, 0.25) is 0 Å². The molecule has 126 valence electrons. The van der Waals surface area contributed by atoms with Crippen molar-refractivity contribution < 1.29 is 4.58 Å². The summed E-state index contributed by atoms with van der Waals surface area (Å²) in [5.74, 6) is 0. The van der Waals surface area contributed by atoms with Gasteiger partial charge in [-0.3, -0.25) is 4.58 Å². The molecule has 0 saturated carbocycles. The molecule has 0 saturated heterocycles. The molecule has 3 aromatic carbocycles. The van der Waals surface area contributed by atoms with Gasteiger partial charge in [0.15, 0.2) is 10.9 Å². The highest BCUT2D eigenvalue weighted by Gasteiger charge is 2.29. The largest absolute Gasteiger partial charge is 0.261 e. The van der Waals surface area contributed by atoms with Crippen molar-refractivity contribution in [3.8, 4) is 0 Å². The van der Waals surface area contributed by atoms with E-state index in [4.69, 9.17) is 0 Å². The molecule has 0 aliphatic carbocycles. The molecule has 1 aromatic heterocycles. The van der Waals surface area contributed by atoms with Crippen molar-refractivity contribution in [2.24, 2.45) is 0 Å². The van der Waals surface area contributed by atoms with Crippen molar-refractivity contribution in [3.63, 3.8) is 0 Å². The minimum Gasteiger partial charge on any atom is -0.261 e. The highest BCUT2D eigenvalue weighted by Crippen LogP contribution is 2.40. The number of hydrogen-bond acceptors (Lipinski definition) is 0. The van der Waals surface area contributed by atoms with Crippen molar-refractivity contribution in [2.45, 2.75) is 13.8 Å². The van der Waals surface area contributed by atoms with E-state index in [0.717, 1.165) is 0 Å². The third-order valence-electron chi connectivity index (χ3n) is 5.17. The van der Waals surface area contributed by atoms with Gasteiger partial charge >= 0.3 is 0 Å². The third-order valence-corrected chi connectivity index (χ3v) is 6.24. The van der Waals surface area contributed by atoms with E-state index in [1.54, 1.807) is 0 Å². The standard InChI is InChI=1S/C24H19NS/c1-15-12-22-18(9-8-17-6-4-5-7-20(17)22)14-21(15)23-24-19(10-11-25(23)3)13-16(2)26-24/h4-14H,3H2,1-2H3. The molecule has 1 nitrogen and oxygen atoms in total. The third kappa shape index (κ3) is 2.23. The molecule has 0 fully saturated rings. The molecule has 0 atom stereocenters. The second-order valence-corrected chi connectivity index (χ2v) is 8.21. The number of nitrogens with zero attached hydrogens (tertiary/aromatic N) is 1. The zero-order chi connectivity index (χ0) is 17.8. The van der Waals surface area contributed by atoms with Gasteiger partial charge in [-0.2, -0.15) is 0 Å². The average molecular weight is 353 g/mol. The summed E-state index contributed by atoms with van der Waals surface area (Å²) in [4.78, 5) is 2.64. The summed E-state index contributed by atoms with van der Waals surface area (Å²) in [6.45, 7) is 8.62. The van der Waals surface area contributed by atoms with E-state index in [2.05, 4.69) is 87.4 Å². The lowest BCUT2D eigenvalue weighted by Crippen LogP contribution is -2.18. The molecule has 5 rings (SSSR count). The fraction of sp³-hybridized carbons (Fsp3) is 0.0833. The number of benzene rings is 3. The highest BCUT2D eigenvalue weighted by atomic mass is 32.1. The maximum atomic E-state index is 4.25. The van der Waals surface area contributed by atoms with Gasteiger partial charge in [-0.15, -0.1) is 0 Å². The molecule has 0 spiro atoms. The average Bonchev–Trinajstić information content (AvgIpc) is 3.02. The van der Waals surface area contributed by atoms with Crippen molar-refractivity contribution in [1.82, 2.24) is 0 Å². The normalized spacial score (nSPS) is 13.6. The lowest BCUT2D eigenvalue weighted by Gasteiger charge is -2.23. The zero-order valence-electron chi connectivity index (χ0n) is 14.9. The first kappa shape index (κ1) is 15.4. The fourth-order valence-corrected chi connectivity index (χ4v) is 4.99. The molecule has 0 radical (unpaired) electrons. The zero-order valence-corrected chi connectivity index (χ0v) is 15.7. The molecule has 2 heteroatoms. The molecular weight excluding hydrogens is 334 g/mol. The SMILES string of the molecule is C=[N+]1C=Cc2c[c-](C)[s+]c2[C-]1c1cc2ccc3ccccc3c2cc1C. The number of fused-ring (bicyclic) bond motifs is 4. The Morgan fingerprint density at radius 2 is 1.81 bits per heavy atom. The number of aryl methyl sites for hydroxylation is 2. The highest BCUT2D eigenvalue weighted by molar-refractivity contribution is 7.12. The molecule has 0 amide bonds. The molecule has 4 aromatic rings. The van der Waals surface area contributed by atoms with E-state index < -0.39 is 0 Å². The van der Waals surface area contributed by atoms with E-state index >= 15 is 0 Å². The molecule has 0 unspecified atom stereocenters. The Labute approximate surface area is 157 Å². The predicted molar refractivity (Wildman–Crippen MR) is 113 cm³/mol. The van der Waals surface area contributed by atoms with E-state index in [-0.39, 0.29) is 0 Å². The Morgan fingerprint density at radius 3 is 2.69 bits per heavy atom. The lowest BCUT2D eigenvalue weighted by molar-refractivity contribution is -0.417. The van der Waals surface area contributed by atoms with Gasteiger partial charge in [0.25, 0.3) is 0 Å². The van der Waals surface area contributed by atoms with E-state index in [9.17, 15) is 0 Å². The lowest BCUT2D eigenvalue weighted by atomic mass is 9.91. The molecule has 0 bridgehead atoms. The second kappa shape index (κ2) is 5.58. The summed E-state index contributed by atoms with van der Waals surface area (Å²) < 4.78 is 2.01.